The minimum atomic E-state index is -0.775. The van der Waals surface area contributed by atoms with E-state index in [0.29, 0.717) is 12.0 Å². The number of halogens is 1. The second-order valence-electron chi connectivity index (χ2n) is 4.77. The Balaban J connectivity index is 2.77. The molecule has 0 heterocycles. The summed E-state index contributed by atoms with van der Waals surface area (Å²) < 4.78 is 13.2. The molecule has 1 atom stereocenters. The number of carbonyl (C=O) groups is 1. The van der Waals surface area contributed by atoms with Gasteiger partial charge in [0.05, 0.1) is 0 Å². The molecule has 1 rings (SSSR count). The largest absolute Gasteiger partial charge is 0.481 e. The van der Waals surface area contributed by atoms with Crippen LogP contribution in [0.15, 0.2) is 18.2 Å². The molecule has 0 fully saturated rings. The predicted molar refractivity (Wildman–Crippen MR) is 69.1 cm³/mol. The van der Waals surface area contributed by atoms with Gasteiger partial charge < -0.3 is 10.0 Å². The van der Waals surface area contributed by atoms with E-state index in [2.05, 4.69) is 0 Å². The van der Waals surface area contributed by atoms with Crippen LogP contribution in [0.4, 0.5) is 4.39 Å². The van der Waals surface area contributed by atoms with Crippen molar-refractivity contribution < 1.29 is 14.3 Å². The summed E-state index contributed by atoms with van der Waals surface area (Å²) in [5.74, 6) is -0.982. The number of hydrogen-bond acceptors (Lipinski definition) is 2. The minimum absolute atomic E-state index is 0.128. The first-order chi connectivity index (χ1) is 8.41. The highest BCUT2D eigenvalue weighted by molar-refractivity contribution is 5.66. The van der Waals surface area contributed by atoms with E-state index in [1.54, 1.807) is 13.0 Å². The molecule has 0 saturated heterocycles. The molecule has 4 heteroatoms. The summed E-state index contributed by atoms with van der Waals surface area (Å²) in [6.07, 6.45) is 1.55. The molecule has 0 aromatic heterocycles. The van der Waals surface area contributed by atoms with Crippen molar-refractivity contribution in [2.45, 2.75) is 32.2 Å². The zero-order chi connectivity index (χ0) is 13.7. The highest BCUT2D eigenvalue weighted by atomic mass is 19.1. The molecule has 18 heavy (non-hydrogen) atoms. The van der Waals surface area contributed by atoms with Gasteiger partial charge in [-0.1, -0.05) is 12.1 Å². The number of hydrogen-bond donors (Lipinski definition) is 1. The molecule has 0 amide bonds. The molecule has 1 N–H and O–H groups in total. The van der Waals surface area contributed by atoms with Gasteiger partial charge in [0.1, 0.15) is 5.82 Å². The van der Waals surface area contributed by atoms with Gasteiger partial charge in [0.15, 0.2) is 0 Å². The number of carboxylic acid groups (broad SMARTS) is 1. The van der Waals surface area contributed by atoms with Crippen molar-refractivity contribution in [1.29, 1.82) is 0 Å². The summed E-state index contributed by atoms with van der Waals surface area (Å²) in [7, 11) is 3.90. The number of carboxylic acids is 1. The molecule has 0 bridgehead atoms. The standard InChI is InChI=1S/C14H20FNO2/c1-10-9-11(7-8-12(10)15)13(16(2)3)5-4-6-14(17)18/h7-9,13H,4-6H2,1-3H3,(H,17,18). The van der Waals surface area contributed by atoms with Crippen LogP contribution in [0.2, 0.25) is 0 Å². The summed E-state index contributed by atoms with van der Waals surface area (Å²) in [5.41, 5.74) is 1.65. The van der Waals surface area contributed by atoms with Crippen molar-refractivity contribution in [3.05, 3.63) is 35.1 Å². The van der Waals surface area contributed by atoms with Gasteiger partial charge in [-0.3, -0.25) is 4.79 Å². The van der Waals surface area contributed by atoms with E-state index in [1.165, 1.54) is 6.07 Å². The number of nitrogens with zero attached hydrogens (tertiary/aromatic N) is 1. The van der Waals surface area contributed by atoms with Crippen molar-refractivity contribution in [2.75, 3.05) is 14.1 Å². The van der Waals surface area contributed by atoms with Crippen LogP contribution in [0.3, 0.4) is 0 Å². The Morgan fingerprint density at radius 3 is 2.61 bits per heavy atom. The first kappa shape index (κ1) is 14.6. The topological polar surface area (TPSA) is 40.5 Å². The maximum absolute atomic E-state index is 13.2. The van der Waals surface area contributed by atoms with Gasteiger partial charge in [-0.15, -0.1) is 0 Å². The lowest BCUT2D eigenvalue weighted by molar-refractivity contribution is -0.137. The van der Waals surface area contributed by atoms with E-state index < -0.39 is 5.97 Å². The number of rotatable bonds is 6. The Morgan fingerprint density at radius 2 is 2.11 bits per heavy atom. The Labute approximate surface area is 107 Å². The number of aliphatic carboxylic acids is 1. The Bertz CT molecular complexity index is 418. The second-order valence-corrected chi connectivity index (χ2v) is 4.77. The van der Waals surface area contributed by atoms with E-state index in [4.69, 9.17) is 5.11 Å². The third-order valence-electron chi connectivity index (χ3n) is 3.06. The summed E-state index contributed by atoms with van der Waals surface area (Å²) in [6.45, 7) is 1.74. The van der Waals surface area contributed by atoms with Crippen molar-refractivity contribution in [2.24, 2.45) is 0 Å². The molecule has 0 radical (unpaired) electrons. The van der Waals surface area contributed by atoms with Crippen molar-refractivity contribution in [1.82, 2.24) is 4.90 Å². The molecule has 3 nitrogen and oxygen atoms in total. The molecular weight excluding hydrogens is 233 g/mol. The van der Waals surface area contributed by atoms with E-state index in [-0.39, 0.29) is 18.3 Å². The number of benzene rings is 1. The van der Waals surface area contributed by atoms with Crippen molar-refractivity contribution in [3.8, 4) is 0 Å². The fourth-order valence-electron chi connectivity index (χ4n) is 2.04. The van der Waals surface area contributed by atoms with Crippen molar-refractivity contribution in [3.63, 3.8) is 0 Å². The molecule has 1 aromatic carbocycles. The van der Waals surface area contributed by atoms with Crippen LogP contribution < -0.4 is 0 Å². The molecule has 100 valence electrons. The summed E-state index contributed by atoms with van der Waals surface area (Å²) in [4.78, 5) is 12.6. The lowest BCUT2D eigenvalue weighted by Crippen LogP contribution is -2.20. The zero-order valence-corrected chi connectivity index (χ0v) is 11.1. The molecular formula is C14H20FNO2. The monoisotopic (exact) mass is 253 g/mol. The van der Waals surface area contributed by atoms with E-state index in [9.17, 15) is 9.18 Å². The van der Waals surface area contributed by atoms with Gasteiger partial charge in [-0.2, -0.15) is 0 Å². The molecule has 0 saturated carbocycles. The summed E-state index contributed by atoms with van der Waals surface area (Å²) in [5, 5.41) is 8.65. The summed E-state index contributed by atoms with van der Waals surface area (Å²) in [6, 6.07) is 5.20. The van der Waals surface area contributed by atoms with Gasteiger partial charge in [-0.25, -0.2) is 4.39 Å². The lowest BCUT2D eigenvalue weighted by atomic mass is 9.98. The maximum Gasteiger partial charge on any atom is 0.303 e. The first-order valence-corrected chi connectivity index (χ1v) is 6.06. The molecule has 0 aliphatic rings. The first-order valence-electron chi connectivity index (χ1n) is 6.06. The van der Waals surface area contributed by atoms with Gasteiger partial charge >= 0.3 is 5.97 Å². The van der Waals surface area contributed by atoms with Crippen LogP contribution in [0, 0.1) is 12.7 Å². The third kappa shape index (κ3) is 4.11. The molecule has 0 aliphatic carbocycles. The molecule has 0 spiro atoms. The Morgan fingerprint density at radius 1 is 1.44 bits per heavy atom. The van der Waals surface area contributed by atoms with Crippen LogP contribution in [0.5, 0.6) is 0 Å². The Kier molecular flexibility index (Phi) is 5.28. The van der Waals surface area contributed by atoms with E-state index in [0.717, 1.165) is 12.0 Å². The fraction of sp³-hybridized carbons (Fsp3) is 0.500. The normalized spacial score (nSPS) is 12.7. The third-order valence-corrected chi connectivity index (χ3v) is 3.06. The molecule has 1 aromatic rings. The highest BCUT2D eigenvalue weighted by Crippen LogP contribution is 2.25. The average molecular weight is 253 g/mol. The van der Waals surface area contributed by atoms with Crippen LogP contribution in [-0.2, 0) is 4.79 Å². The highest BCUT2D eigenvalue weighted by Gasteiger charge is 2.15. The second kappa shape index (κ2) is 6.50. The quantitative estimate of drug-likeness (QED) is 0.847. The minimum Gasteiger partial charge on any atom is -0.481 e. The number of aryl methyl sites for hydroxylation is 1. The van der Waals surface area contributed by atoms with Crippen LogP contribution in [-0.4, -0.2) is 30.1 Å². The smallest absolute Gasteiger partial charge is 0.303 e. The molecule has 0 aliphatic heterocycles. The van der Waals surface area contributed by atoms with Crippen LogP contribution in [0.25, 0.3) is 0 Å². The maximum atomic E-state index is 13.2. The van der Waals surface area contributed by atoms with E-state index >= 15 is 0 Å². The van der Waals surface area contributed by atoms with Gasteiger partial charge in [-0.05, 0) is 51.1 Å². The van der Waals surface area contributed by atoms with Gasteiger partial charge in [0, 0.05) is 12.5 Å². The van der Waals surface area contributed by atoms with Crippen LogP contribution in [0.1, 0.15) is 36.4 Å². The SMILES string of the molecule is Cc1cc(C(CCCC(=O)O)N(C)C)ccc1F. The Hall–Kier alpha value is -1.42. The van der Waals surface area contributed by atoms with Gasteiger partial charge in [0.2, 0.25) is 0 Å². The zero-order valence-electron chi connectivity index (χ0n) is 11.1. The van der Waals surface area contributed by atoms with Crippen LogP contribution >= 0.6 is 0 Å². The summed E-state index contributed by atoms with van der Waals surface area (Å²) >= 11 is 0. The fourth-order valence-corrected chi connectivity index (χ4v) is 2.04. The molecule has 1 unspecified atom stereocenters. The average Bonchev–Trinajstić information content (AvgIpc) is 2.27. The predicted octanol–water partition coefficient (Wildman–Crippen LogP) is 2.99. The lowest BCUT2D eigenvalue weighted by Gasteiger charge is -2.25. The van der Waals surface area contributed by atoms with E-state index in [1.807, 2.05) is 25.1 Å². The van der Waals surface area contributed by atoms with Crippen molar-refractivity contribution >= 4 is 5.97 Å². The van der Waals surface area contributed by atoms with Gasteiger partial charge in [0.25, 0.3) is 0 Å².